The number of hydrogen-bond acceptors (Lipinski definition) is 3. The number of carbonyl (C=O) groups excluding carboxylic acids is 1. The molecule has 0 aliphatic carbocycles. The molecule has 1 fully saturated rings. The van der Waals surface area contributed by atoms with Gasteiger partial charge in [0.25, 0.3) is 5.91 Å². The van der Waals surface area contributed by atoms with E-state index in [-0.39, 0.29) is 12.0 Å². The van der Waals surface area contributed by atoms with Crippen LogP contribution in [0.2, 0.25) is 5.02 Å². The molecule has 18 heavy (non-hydrogen) atoms. The first-order valence-electron chi connectivity index (χ1n) is 5.96. The molecule has 0 unspecified atom stereocenters. The van der Waals surface area contributed by atoms with Gasteiger partial charge in [0.15, 0.2) is 0 Å². The minimum absolute atomic E-state index is 0.103. The highest BCUT2D eigenvalue weighted by Crippen LogP contribution is 2.24. The van der Waals surface area contributed by atoms with Crippen molar-refractivity contribution < 1.29 is 9.53 Å². The molecule has 0 spiro atoms. The molecule has 2 rings (SSSR count). The van der Waals surface area contributed by atoms with Crippen LogP contribution in [0, 0.1) is 0 Å². The zero-order chi connectivity index (χ0) is 13.1. The summed E-state index contributed by atoms with van der Waals surface area (Å²) >= 11 is 6.11. The lowest BCUT2D eigenvalue weighted by Crippen LogP contribution is -2.22. The SMILES string of the molecule is CN(C)C(=O)c1ccc(O[C@H]2CCNC2)cc1Cl. The van der Waals surface area contributed by atoms with E-state index in [4.69, 9.17) is 16.3 Å². The van der Waals surface area contributed by atoms with Gasteiger partial charge < -0.3 is 15.0 Å². The Kier molecular flexibility index (Phi) is 4.09. The van der Waals surface area contributed by atoms with E-state index < -0.39 is 0 Å². The van der Waals surface area contributed by atoms with Crippen molar-refractivity contribution in [1.82, 2.24) is 10.2 Å². The van der Waals surface area contributed by atoms with E-state index in [0.29, 0.717) is 16.3 Å². The lowest BCUT2D eigenvalue weighted by Gasteiger charge is -2.15. The van der Waals surface area contributed by atoms with Crippen molar-refractivity contribution in [1.29, 1.82) is 0 Å². The smallest absolute Gasteiger partial charge is 0.254 e. The van der Waals surface area contributed by atoms with Crippen LogP contribution in [0.1, 0.15) is 16.8 Å². The van der Waals surface area contributed by atoms with E-state index in [9.17, 15) is 4.79 Å². The summed E-state index contributed by atoms with van der Waals surface area (Å²) in [5.74, 6) is 0.609. The summed E-state index contributed by atoms with van der Waals surface area (Å²) in [7, 11) is 3.40. The Bertz CT molecular complexity index is 443. The van der Waals surface area contributed by atoms with Crippen molar-refractivity contribution in [3.8, 4) is 5.75 Å². The number of carbonyl (C=O) groups is 1. The second-order valence-corrected chi connectivity index (χ2v) is 4.98. The molecule has 1 aliphatic rings. The maximum atomic E-state index is 11.8. The van der Waals surface area contributed by atoms with Gasteiger partial charge >= 0.3 is 0 Å². The standard InChI is InChI=1S/C13H17ClN2O2/c1-16(2)13(17)11-4-3-9(7-12(11)14)18-10-5-6-15-8-10/h3-4,7,10,15H,5-6,8H2,1-2H3/t10-/m0/s1. The molecule has 5 heteroatoms. The average molecular weight is 269 g/mol. The van der Waals surface area contributed by atoms with Crippen molar-refractivity contribution in [2.24, 2.45) is 0 Å². The van der Waals surface area contributed by atoms with E-state index in [1.807, 2.05) is 0 Å². The minimum atomic E-state index is -0.103. The van der Waals surface area contributed by atoms with E-state index in [0.717, 1.165) is 19.5 Å². The number of amides is 1. The monoisotopic (exact) mass is 268 g/mol. The molecular formula is C13H17ClN2O2. The van der Waals surface area contributed by atoms with Crippen LogP contribution in [0.3, 0.4) is 0 Å². The third-order valence-electron chi connectivity index (χ3n) is 2.89. The Balaban J connectivity index is 2.11. The predicted molar refractivity (Wildman–Crippen MR) is 71.4 cm³/mol. The van der Waals surface area contributed by atoms with Gasteiger partial charge in [-0.05, 0) is 31.2 Å². The molecule has 1 saturated heterocycles. The number of hydrogen-bond donors (Lipinski definition) is 1. The molecule has 0 radical (unpaired) electrons. The van der Waals surface area contributed by atoms with Gasteiger partial charge in [-0.25, -0.2) is 0 Å². The van der Waals surface area contributed by atoms with Gasteiger partial charge in [-0.15, -0.1) is 0 Å². The molecule has 0 bridgehead atoms. The number of nitrogens with one attached hydrogen (secondary N) is 1. The van der Waals surface area contributed by atoms with Gasteiger partial charge in [-0.1, -0.05) is 11.6 Å². The van der Waals surface area contributed by atoms with Gasteiger partial charge in [-0.3, -0.25) is 4.79 Å². The zero-order valence-corrected chi connectivity index (χ0v) is 11.3. The summed E-state index contributed by atoms with van der Waals surface area (Å²) in [6.07, 6.45) is 1.19. The molecule has 0 aromatic heterocycles. The first-order chi connectivity index (χ1) is 8.58. The van der Waals surface area contributed by atoms with Crippen molar-refractivity contribution in [2.45, 2.75) is 12.5 Å². The Morgan fingerprint density at radius 2 is 2.28 bits per heavy atom. The van der Waals surface area contributed by atoms with E-state index in [2.05, 4.69) is 5.32 Å². The minimum Gasteiger partial charge on any atom is -0.489 e. The van der Waals surface area contributed by atoms with Gasteiger partial charge in [-0.2, -0.15) is 0 Å². The summed E-state index contributed by atoms with van der Waals surface area (Å²) in [4.78, 5) is 13.3. The van der Waals surface area contributed by atoms with Gasteiger partial charge in [0.05, 0.1) is 10.6 Å². The van der Waals surface area contributed by atoms with Crippen molar-refractivity contribution in [2.75, 3.05) is 27.2 Å². The molecule has 98 valence electrons. The molecule has 1 aromatic rings. The summed E-state index contributed by atoms with van der Waals surface area (Å²) in [6, 6.07) is 5.21. The Hall–Kier alpha value is -1.26. The topological polar surface area (TPSA) is 41.6 Å². The van der Waals surface area contributed by atoms with E-state index in [1.54, 1.807) is 32.3 Å². The molecule has 1 amide bonds. The maximum Gasteiger partial charge on any atom is 0.254 e. The zero-order valence-electron chi connectivity index (χ0n) is 10.6. The highest BCUT2D eigenvalue weighted by molar-refractivity contribution is 6.34. The first kappa shape index (κ1) is 13.2. The second-order valence-electron chi connectivity index (χ2n) is 4.57. The summed E-state index contributed by atoms with van der Waals surface area (Å²) in [5.41, 5.74) is 0.499. The highest BCUT2D eigenvalue weighted by Gasteiger charge is 2.17. The largest absolute Gasteiger partial charge is 0.489 e. The lowest BCUT2D eigenvalue weighted by molar-refractivity contribution is 0.0827. The van der Waals surface area contributed by atoms with Crippen LogP contribution in [0.15, 0.2) is 18.2 Å². The van der Waals surface area contributed by atoms with Crippen LogP contribution < -0.4 is 10.1 Å². The van der Waals surface area contributed by atoms with E-state index in [1.165, 1.54) is 4.90 Å². The number of benzene rings is 1. The van der Waals surface area contributed by atoms with E-state index >= 15 is 0 Å². The molecule has 1 heterocycles. The molecule has 1 aromatic carbocycles. The summed E-state index contributed by atoms with van der Waals surface area (Å²) in [6.45, 7) is 1.84. The maximum absolute atomic E-state index is 11.8. The number of nitrogens with zero attached hydrogens (tertiary/aromatic N) is 1. The normalized spacial score (nSPS) is 18.7. The van der Waals surface area contributed by atoms with Crippen LogP contribution in [0.25, 0.3) is 0 Å². The van der Waals surface area contributed by atoms with Crippen LogP contribution in [-0.2, 0) is 0 Å². The molecule has 0 saturated carbocycles. The number of rotatable bonds is 3. The van der Waals surface area contributed by atoms with Crippen molar-refractivity contribution >= 4 is 17.5 Å². The molecule has 1 N–H and O–H groups in total. The number of halogens is 1. The van der Waals surface area contributed by atoms with Gasteiger partial charge in [0, 0.05) is 20.6 Å². The first-order valence-corrected chi connectivity index (χ1v) is 6.34. The van der Waals surface area contributed by atoms with Crippen LogP contribution in [-0.4, -0.2) is 44.1 Å². The fourth-order valence-electron chi connectivity index (χ4n) is 1.90. The average Bonchev–Trinajstić information content (AvgIpc) is 2.81. The van der Waals surface area contributed by atoms with Gasteiger partial charge in [0.2, 0.25) is 0 Å². The third kappa shape index (κ3) is 2.94. The second kappa shape index (κ2) is 5.59. The third-order valence-corrected chi connectivity index (χ3v) is 3.21. The van der Waals surface area contributed by atoms with Crippen LogP contribution in [0.5, 0.6) is 5.75 Å². The highest BCUT2D eigenvalue weighted by atomic mass is 35.5. The summed E-state index contributed by atoms with van der Waals surface area (Å²) in [5, 5.41) is 3.66. The fourth-order valence-corrected chi connectivity index (χ4v) is 2.16. The van der Waals surface area contributed by atoms with Crippen molar-refractivity contribution in [3.63, 3.8) is 0 Å². The summed E-state index contributed by atoms with van der Waals surface area (Å²) < 4.78 is 5.78. The van der Waals surface area contributed by atoms with Crippen molar-refractivity contribution in [3.05, 3.63) is 28.8 Å². The lowest BCUT2D eigenvalue weighted by atomic mass is 10.2. The molecule has 4 nitrogen and oxygen atoms in total. The van der Waals surface area contributed by atoms with Crippen LogP contribution >= 0.6 is 11.6 Å². The van der Waals surface area contributed by atoms with Crippen LogP contribution in [0.4, 0.5) is 0 Å². The number of ether oxygens (including phenoxy) is 1. The Labute approximate surface area is 112 Å². The molecule has 1 atom stereocenters. The Morgan fingerprint density at radius 3 is 2.83 bits per heavy atom. The predicted octanol–water partition coefficient (Wildman–Crippen LogP) is 1.78. The molecule has 1 aliphatic heterocycles. The fraction of sp³-hybridized carbons (Fsp3) is 0.462. The van der Waals surface area contributed by atoms with Gasteiger partial charge in [0.1, 0.15) is 11.9 Å². The Morgan fingerprint density at radius 1 is 1.50 bits per heavy atom. The molecular weight excluding hydrogens is 252 g/mol. The quantitative estimate of drug-likeness (QED) is 0.909.